The first kappa shape index (κ1) is 20.0. The van der Waals surface area contributed by atoms with Crippen molar-refractivity contribution < 1.29 is 9.53 Å². The van der Waals surface area contributed by atoms with E-state index in [2.05, 4.69) is 23.2 Å². The van der Waals surface area contributed by atoms with Crippen molar-refractivity contribution in [2.45, 2.75) is 32.7 Å². The van der Waals surface area contributed by atoms with Crippen LogP contribution in [0.2, 0.25) is 0 Å². The summed E-state index contributed by atoms with van der Waals surface area (Å²) in [7, 11) is 0. The molecule has 1 aliphatic carbocycles. The van der Waals surface area contributed by atoms with Gasteiger partial charge in [0.1, 0.15) is 5.69 Å². The lowest BCUT2D eigenvalue weighted by Crippen LogP contribution is -2.17. The van der Waals surface area contributed by atoms with Crippen molar-refractivity contribution in [1.29, 1.82) is 0 Å². The number of fused-ring (bicyclic) bond motifs is 3. The van der Waals surface area contributed by atoms with Crippen molar-refractivity contribution in [3.63, 3.8) is 0 Å². The summed E-state index contributed by atoms with van der Waals surface area (Å²) in [5.74, 6) is -0.315. The minimum Gasteiger partial charge on any atom is -0.461 e. The molecule has 0 saturated heterocycles. The van der Waals surface area contributed by atoms with Gasteiger partial charge in [-0.2, -0.15) is 5.10 Å². The molecule has 6 heteroatoms. The zero-order chi connectivity index (χ0) is 20.9. The Bertz CT molecular complexity index is 1070. The number of rotatable bonds is 7. The van der Waals surface area contributed by atoms with E-state index in [0.717, 1.165) is 52.9 Å². The lowest BCUT2D eigenvalue weighted by atomic mass is 9.89. The number of hydrogen-bond acceptors (Lipinski definition) is 5. The Morgan fingerprint density at radius 1 is 1.23 bits per heavy atom. The summed E-state index contributed by atoms with van der Waals surface area (Å²) in [4.78, 5) is 17.3. The second-order valence-electron chi connectivity index (χ2n) is 7.27. The number of ether oxygens (including phenoxy) is 1. The highest BCUT2D eigenvalue weighted by Crippen LogP contribution is 2.35. The molecule has 0 bridgehead atoms. The van der Waals surface area contributed by atoms with E-state index < -0.39 is 0 Å². The Balaban J connectivity index is 1.73. The Morgan fingerprint density at radius 2 is 2.07 bits per heavy atom. The van der Waals surface area contributed by atoms with Crippen molar-refractivity contribution in [2.24, 2.45) is 5.73 Å². The van der Waals surface area contributed by atoms with Crippen LogP contribution >= 0.6 is 0 Å². The molecule has 0 saturated carbocycles. The molecule has 3 aromatic rings. The number of aromatic nitrogens is 3. The van der Waals surface area contributed by atoms with E-state index in [1.54, 1.807) is 4.68 Å². The highest BCUT2D eigenvalue weighted by Gasteiger charge is 2.29. The predicted molar refractivity (Wildman–Crippen MR) is 118 cm³/mol. The molecule has 2 N–H and O–H groups in total. The zero-order valence-corrected chi connectivity index (χ0v) is 17.2. The maximum atomic E-state index is 12.7. The highest BCUT2D eigenvalue weighted by atomic mass is 16.5. The van der Waals surface area contributed by atoms with Gasteiger partial charge in [-0.1, -0.05) is 36.4 Å². The van der Waals surface area contributed by atoms with Gasteiger partial charge in [-0.05, 0) is 56.0 Å². The molecule has 4 rings (SSSR count). The number of carbonyl (C=O) groups excluding carboxylic acids is 1. The molecule has 1 aromatic carbocycles. The van der Waals surface area contributed by atoms with Gasteiger partial charge in [0.2, 0.25) is 0 Å². The number of hydrogen-bond donors (Lipinski definition) is 1. The lowest BCUT2D eigenvalue weighted by Gasteiger charge is -2.16. The molecule has 6 nitrogen and oxygen atoms in total. The van der Waals surface area contributed by atoms with E-state index in [1.165, 1.54) is 0 Å². The number of aryl methyl sites for hydroxylation is 2. The Labute approximate surface area is 176 Å². The predicted octanol–water partition coefficient (Wildman–Crippen LogP) is 3.74. The smallest absolute Gasteiger partial charge is 0.356 e. The van der Waals surface area contributed by atoms with Crippen LogP contribution in [-0.2, 0) is 24.1 Å². The third-order valence-electron chi connectivity index (χ3n) is 5.25. The molecule has 1 aliphatic rings. The maximum absolute atomic E-state index is 12.7. The molecule has 0 fully saturated rings. The first-order valence-corrected chi connectivity index (χ1v) is 10.4. The van der Waals surface area contributed by atoms with Crippen molar-refractivity contribution in [2.75, 3.05) is 13.2 Å². The fourth-order valence-electron chi connectivity index (χ4n) is 3.80. The summed E-state index contributed by atoms with van der Waals surface area (Å²) in [6, 6.07) is 12.2. The van der Waals surface area contributed by atoms with Crippen LogP contribution < -0.4 is 5.73 Å². The maximum Gasteiger partial charge on any atom is 0.356 e. The molecular formula is C24H26N4O2. The SMILES string of the molecule is CCOC(=O)c1c2c(nn1CCCN)-c1cc(/C=C/c3ccccc3)ncc1CC2. The van der Waals surface area contributed by atoms with E-state index in [-0.39, 0.29) is 5.97 Å². The molecule has 154 valence electrons. The van der Waals surface area contributed by atoms with Gasteiger partial charge >= 0.3 is 5.97 Å². The average Bonchev–Trinajstić information content (AvgIpc) is 3.16. The van der Waals surface area contributed by atoms with Crippen molar-refractivity contribution in [3.8, 4) is 11.3 Å². The average molecular weight is 402 g/mol. The van der Waals surface area contributed by atoms with E-state index in [1.807, 2.05) is 43.5 Å². The fourth-order valence-corrected chi connectivity index (χ4v) is 3.80. The summed E-state index contributed by atoms with van der Waals surface area (Å²) in [5.41, 5.74) is 12.2. The highest BCUT2D eigenvalue weighted by molar-refractivity contribution is 5.92. The van der Waals surface area contributed by atoms with Crippen molar-refractivity contribution in [3.05, 3.63) is 70.7 Å². The van der Waals surface area contributed by atoms with E-state index in [4.69, 9.17) is 15.6 Å². The van der Waals surface area contributed by atoms with Crippen molar-refractivity contribution in [1.82, 2.24) is 14.8 Å². The normalized spacial score (nSPS) is 12.6. The number of carbonyl (C=O) groups is 1. The lowest BCUT2D eigenvalue weighted by molar-refractivity contribution is 0.0510. The third-order valence-corrected chi connectivity index (χ3v) is 5.25. The molecule has 2 aromatic heterocycles. The number of pyridine rings is 1. The van der Waals surface area contributed by atoms with Gasteiger partial charge in [0, 0.05) is 23.9 Å². The number of benzene rings is 1. The number of esters is 1. The summed E-state index contributed by atoms with van der Waals surface area (Å²) < 4.78 is 7.09. The van der Waals surface area contributed by atoms with Crippen LogP contribution in [0.25, 0.3) is 23.4 Å². The molecule has 30 heavy (non-hydrogen) atoms. The third kappa shape index (κ3) is 4.04. The Kier molecular flexibility index (Phi) is 6.05. The minimum atomic E-state index is -0.315. The second-order valence-corrected chi connectivity index (χ2v) is 7.27. The van der Waals surface area contributed by atoms with Gasteiger partial charge in [-0.15, -0.1) is 0 Å². The monoisotopic (exact) mass is 402 g/mol. The van der Waals surface area contributed by atoms with Gasteiger partial charge in [-0.25, -0.2) is 4.79 Å². The summed E-state index contributed by atoms with van der Waals surface area (Å²) >= 11 is 0. The number of nitrogens with two attached hydrogens (primary N) is 1. The summed E-state index contributed by atoms with van der Waals surface area (Å²) in [6.07, 6.45) is 8.30. The van der Waals surface area contributed by atoms with Crippen LogP contribution in [0.5, 0.6) is 0 Å². The van der Waals surface area contributed by atoms with Gasteiger partial charge in [-0.3, -0.25) is 9.67 Å². The van der Waals surface area contributed by atoms with Crippen LogP contribution in [-0.4, -0.2) is 33.9 Å². The van der Waals surface area contributed by atoms with Crippen LogP contribution in [0, 0.1) is 0 Å². The van der Waals surface area contributed by atoms with Crippen LogP contribution in [0.3, 0.4) is 0 Å². The van der Waals surface area contributed by atoms with E-state index in [0.29, 0.717) is 25.4 Å². The molecule has 0 aliphatic heterocycles. The second kappa shape index (κ2) is 9.05. The molecular weight excluding hydrogens is 376 g/mol. The molecule has 0 amide bonds. The standard InChI is InChI=1S/C24H26N4O2/c1-2-30-24(29)23-20-12-10-18-16-26-19(11-9-17-7-4-3-5-8-17)15-21(18)22(20)27-28(23)14-6-13-25/h3-5,7-9,11,15-16H,2,6,10,12-14,25H2,1H3/b11-9+. The van der Waals surface area contributed by atoms with Crippen molar-refractivity contribution >= 4 is 18.1 Å². The minimum absolute atomic E-state index is 0.315. The number of nitrogens with zero attached hydrogens (tertiary/aromatic N) is 3. The van der Waals surface area contributed by atoms with Gasteiger partial charge < -0.3 is 10.5 Å². The topological polar surface area (TPSA) is 83.0 Å². The molecule has 0 radical (unpaired) electrons. The fraction of sp³-hybridized carbons (Fsp3) is 0.292. The Hall–Kier alpha value is -3.25. The quantitative estimate of drug-likeness (QED) is 0.609. The van der Waals surface area contributed by atoms with E-state index in [9.17, 15) is 4.79 Å². The summed E-state index contributed by atoms with van der Waals surface area (Å²) in [5, 5.41) is 4.80. The molecule has 0 unspecified atom stereocenters. The van der Waals surface area contributed by atoms with Crippen LogP contribution in [0.15, 0.2) is 42.6 Å². The largest absolute Gasteiger partial charge is 0.461 e. The molecule has 2 heterocycles. The zero-order valence-electron chi connectivity index (χ0n) is 17.2. The van der Waals surface area contributed by atoms with Crippen LogP contribution in [0.1, 0.15) is 46.2 Å². The van der Waals surface area contributed by atoms with Gasteiger partial charge in [0.05, 0.1) is 18.0 Å². The molecule has 0 atom stereocenters. The van der Waals surface area contributed by atoms with E-state index >= 15 is 0 Å². The first-order valence-electron chi connectivity index (χ1n) is 10.4. The van der Waals surface area contributed by atoms with Gasteiger partial charge in [0.15, 0.2) is 0 Å². The Morgan fingerprint density at radius 3 is 2.83 bits per heavy atom. The first-order chi connectivity index (χ1) is 14.7. The summed E-state index contributed by atoms with van der Waals surface area (Å²) in [6.45, 7) is 3.29. The molecule has 0 spiro atoms. The van der Waals surface area contributed by atoms with Crippen LogP contribution in [0.4, 0.5) is 0 Å². The van der Waals surface area contributed by atoms with Gasteiger partial charge in [0.25, 0.3) is 0 Å².